The highest BCUT2D eigenvalue weighted by Crippen LogP contribution is 2.21. The molecule has 0 bridgehead atoms. The number of carbonyl (C=O) groups excluding carboxylic acids is 1. The van der Waals surface area contributed by atoms with Gasteiger partial charge in [-0.2, -0.15) is 5.26 Å². The van der Waals surface area contributed by atoms with E-state index in [0.717, 1.165) is 5.56 Å². The summed E-state index contributed by atoms with van der Waals surface area (Å²) in [6, 6.07) is 14.9. The molecule has 114 valence electrons. The zero-order valence-electron chi connectivity index (χ0n) is 12.3. The van der Waals surface area contributed by atoms with E-state index in [9.17, 15) is 20.2 Å². The summed E-state index contributed by atoms with van der Waals surface area (Å²) >= 11 is 0. The minimum atomic E-state index is -0.486. The number of nitriles is 1. The standard InChI is InChI=1S/C17H13N3O3/c1-12(21)19-16-6-2-13(3-7-16)10-15(11-18)14-4-8-17(9-5-14)20(22)23/h2-10H,1H3,(H,19,21)/b15-10-. The smallest absolute Gasteiger partial charge is 0.269 e. The van der Waals surface area contributed by atoms with Crippen molar-refractivity contribution >= 4 is 28.9 Å². The fraction of sp³-hybridized carbons (Fsp3) is 0.0588. The average molecular weight is 307 g/mol. The molecule has 0 unspecified atom stereocenters. The summed E-state index contributed by atoms with van der Waals surface area (Å²) in [6.45, 7) is 1.43. The Balaban J connectivity index is 2.26. The fourth-order valence-corrected chi connectivity index (χ4v) is 1.98. The van der Waals surface area contributed by atoms with Crippen LogP contribution in [0.4, 0.5) is 11.4 Å². The third-order valence-electron chi connectivity index (χ3n) is 3.05. The van der Waals surface area contributed by atoms with Gasteiger partial charge >= 0.3 is 0 Å². The lowest BCUT2D eigenvalue weighted by Gasteiger charge is -2.03. The van der Waals surface area contributed by atoms with Gasteiger partial charge in [-0.3, -0.25) is 14.9 Å². The molecule has 0 heterocycles. The van der Waals surface area contributed by atoms with Crippen molar-refractivity contribution in [3.63, 3.8) is 0 Å². The number of nitro groups is 1. The van der Waals surface area contributed by atoms with E-state index < -0.39 is 4.92 Å². The fourth-order valence-electron chi connectivity index (χ4n) is 1.98. The molecule has 1 N–H and O–H groups in total. The van der Waals surface area contributed by atoms with Crippen LogP contribution in [-0.4, -0.2) is 10.8 Å². The Morgan fingerprint density at radius 3 is 2.26 bits per heavy atom. The Morgan fingerprint density at radius 2 is 1.78 bits per heavy atom. The molecule has 1 amide bonds. The summed E-state index contributed by atoms with van der Waals surface area (Å²) in [5.41, 5.74) is 2.43. The van der Waals surface area contributed by atoms with E-state index >= 15 is 0 Å². The number of nitrogens with one attached hydrogen (secondary N) is 1. The number of allylic oxidation sites excluding steroid dienone is 1. The molecule has 0 aliphatic rings. The van der Waals surface area contributed by atoms with Crippen LogP contribution in [-0.2, 0) is 4.79 Å². The number of non-ortho nitro benzene ring substituents is 1. The van der Waals surface area contributed by atoms with Gasteiger partial charge in [0.15, 0.2) is 0 Å². The summed E-state index contributed by atoms with van der Waals surface area (Å²) in [5, 5.41) is 22.6. The van der Waals surface area contributed by atoms with E-state index in [4.69, 9.17) is 0 Å². The van der Waals surface area contributed by atoms with E-state index in [1.54, 1.807) is 42.5 Å². The van der Waals surface area contributed by atoms with E-state index in [1.165, 1.54) is 19.1 Å². The van der Waals surface area contributed by atoms with Crippen molar-refractivity contribution in [1.82, 2.24) is 0 Å². The second kappa shape index (κ2) is 7.00. The van der Waals surface area contributed by atoms with Gasteiger partial charge in [-0.05, 0) is 41.5 Å². The molecule has 23 heavy (non-hydrogen) atoms. The highest BCUT2D eigenvalue weighted by molar-refractivity contribution is 5.91. The second-order valence-corrected chi connectivity index (χ2v) is 4.78. The monoisotopic (exact) mass is 307 g/mol. The summed E-state index contributed by atoms with van der Waals surface area (Å²) in [5.74, 6) is -0.156. The largest absolute Gasteiger partial charge is 0.326 e. The predicted octanol–water partition coefficient (Wildman–Crippen LogP) is 3.62. The van der Waals surface area contributed by atoms with Gasteiger partial charge in [0.1, 0.15) is 0 Å². The van der Waals surface area contributed by atoms with Crippen LogP contribution in [0.1, 0.15) is 18.1 Å². The number of benzene rings is 2. The van der Waals surface area contributed by atoms with Crippen molar-refractivity contribution in [2.24, 2.45) is 0 Å². The van der Waals surface area contributed by atoms with Gasteiger partial charge in [-0.25, -0.2) is 0 Å². The van der Waals surface area contributed by atoms with E-state index in [0.29, 0.717) is 16.8 Å². The van der Waals surface area contributed by atoms with Gasteiger partial charge in [0.25, 0.3) is 5.69 Å². The molecule has 0 radical (unpaired) electrons. The molecule has 0 fully saturated rings. The first kappa shape index (κ1) is 15.9. The number of nitrogens with zero attached hydrogens (tertiary/aromatic N) is 2. The van der Waals surface area contributed by atoms with Crippen LogP contribution in [0.2, 0.25) is 0 Å². The van der Waals surface area contributed by atoms with E-state index in [-0.39, 0.29) is 11.6 Å². The number of hydrogen-bond donors (Lipinski definition) is 1. The van der Waals surface area contributed by atoms with Crippen molar-refractivity contribution in [2.75, 3.05) is 5.32 Å². The third kappa shape index (κ3) is 4.25. The average Bonchev–Trinajstić information content (AvgIpc) is 2.53. The lowest BCUT2D eigenvalue weighted by atomic mass is 10.0. The van der Waals surface area contributed by atoms with Gasteiger partial charge in [-0.15, -0.1) is 0 Å². The first-order chi connectivity index (χ1) is 11.0. The van der Waals surface area contributed by atoms with Crippen molar-refractivity contribution in [3.05, 3.63) is 69.8 Å². The van der Waals surface area contributed by atoms with Crippen LogP contribution < -0.4 is 5.32 Å². The number of amides is 1. The number of carbonyl (C=O) groups is 1. The van der Waals surface area contributed by atoms with Gasteiger partial charge in [0, 0.05) is 24.7 Å². The highest BCUT2D eigenvalue weighted by atomic mass is 16.6. The molecule has 0 saturated heterocycles. The van der Waals surface area contributed by atoms with Gasteiger partial charge in [-0.1, -0.05) is 12.1 Å². The van der Waals surface area contributed by atoms with Crippen LogP contribution in [0.15, 0.2) is 48.5 Å². The molecular weight excluding hydrogens is 294 g/mol. The van der Waals surface area contributed by atoms with Crippen LogP contribution >= 0.6 is 0 Å². The topological polar surface area (TPSA) is 96.0 Å². The zero-order chi connectivity index (χ0) is 16.8. The molecule has 6 nitrogen and oxygen atoms in total. The Morgan fingerprint density at radius 1 is 1.17 bits per heavy atom. The lowest BCUT2D eigenvalue weighted by Crippen LogP contribution is -2.05. The summed E-state index contributed by atoms with van der Waals surface area (Å²) < 4.78 is 0. The minimum Gasteiger partial charge on any atom is -0.326 e. The number of anilines is 1. The molecule has 0 spiro atoms. The number of rotatable bonds is 4. The third-order valence-corrected chi connectivity index (χ3v) is 3.05. The first-order valence-electron chi connectivity index (χ1n) is 6.74. The Bertz CT molecular complexity index is 800. The van der Waals surface area contributed by atoms with Gasteiger partial charge in [0.05, 0.1) is 16.6 Å². The van der Waals surface area contributed by atoms with Crippen molar-refractivity contribution in [1.29, 1.82) is 5.26 Å². The Kier molecular flexibility index (Phi) is 4.85. The van der Waals surface area contributed by atoms with Crippen LogP contribution in [0.5, 0.6) is 0 Å². The molecule has 0 aliphatic carbocycles. The quantitative estimate of drug-likeness (QED) is 0.404. The molecule has 0 saturated carbocycles. The van der Waals surface area contributed by atoms with Crippen LogP contribution in [0.25, 0.3) is 11.6 Å². The van der Waals surface area contributed by atoms with E-state index in [2.05, 4.69) is 11.4 Å². The zero-order valence-corrected chi connectivity index (χ0v) is 12.3. The van der Waals surface area contributed by atoms with Crippen molar-refractivity contribution in [2.45, 2.75) is 6.92 Å². The minimum absolute atomic E-state index is 0.0225. The molecular formula is C17H13N3O3. The first-order valence-corrected chi connectivity index (χ1v) is 6.74. The van der Waals surface area contributed by atoms with Crippen LogP contribution in [0, 0.1) is 21.4 Å². The number of nitro benzene ring substituents is 1. The molecule has 0 aliphatic heterocycles. The lowest BCUT2D eigenvalue weighted by molar-refractivity contribution is -0.384. The normalized spacial score (nSPS) is 10.7. The Hall–Kier alpha value is -3.46. The maximum Gasteiger partial charge on any atom is 0.269 e. The molecule has 0 atom stereocenters. The molecule has 2 aromatic rings. The molecule has 0 aromatic heterocycles. The summed E-state index contributed by atoms with van der Waals surface area (Å²) in [6.07, 6.45) is 1.68. The highest BCUT2D eigenvalue weighted by Gasteiger charge is 2.07. The molecule has 2 rings (SSSR count). The van der Waals surface area contributed by atoms with Gasteiger partial charge < -0.3 is 5.32 Å². The van der Waals surface area contributed by atoms with Crippen molar-refractivity contribution < 1.29 is 9.72 Å². The molecule has 6 heteroatoms. The summed E-state index contributed by atoms with van der Waals surface area (Å²) in [4.78, 5) is 21.1. The molecule has 2 aromatic carbocycles. The van der Waals surface area contributed by atoms with Crippen LogP contribution in [0.3, 0.4) is 0 Å². The summed E-state index contributed by atoms with van der Waals surface area (Å²) in [7, 11) is 0. The Labute approximate surface area is 132 Å². The van der Waals surface area contributed by atoms with E-state index in [1.807, 2.05) is 0 Å². The maximum atomic E-state index is 11.0. The SMILES string of the molecule is CC(=O)Nc1ccc(/C=C(/C#N)c2ccc([N+](=O)[O-])cc2)cc1. The second-order valence-electron chi connectivity index (χ2n) is 4.78. The maximum absolute atomic E-state index is 11.0. The van der Waals surface area contributed by atoms with Gasteiger partial charge in [0.2, 0.25) is 5.91 Å². The number of hydrogen-bond acceptors (Lipinski definition) is 4. The van der Waals surface area contributed by atoms with Crippen molar-refractivity contribution in [3.8, 4) is 6.07 Å². The predicted molar refractivity (Wildman–Crippen MR) is 87.3 cm³/mol.